The molecule has 0 unspecified atom stereocenters. The van der Waals surface area contributed by atoms with E-state index in [0.717, 1.165) is 28.4 Å². The number of nitrogens with zero attached hydrogens (tertiary/aromatic N) is 3. The summed E-state index contributed by atoms with van der Waals surface area (Å²) in [6.45, 7) is 0.975. The molecule has 1 N–H and O–H groups in total. The van der Waals surface area contributed by atoms with Gasteiger partial charge in [-0.2, -0.15) is 0 Å². The summed E-state index contributed by atoms with van der Waals surface area (Å²) in [5, 5.41) is 2.22. The van der Waals surface area contributed by atoms with Gasteiger partial charge in [0.25, 0.3) is 0 Å². The van der Waals surface area contributed by atoms with Crippen LogP contribution in [0, 0.1) is 0 Å². The lowest BCUT2D eigenvalue weighted by Gasteiger charge is -2.31. The number of hydrogen-bond donors (Lipinski definition) is 1. The number of amides is 1. The molecule has 0 aliphatic carbocycles. The number of aryl methyl sites for hydroxylation is 1. The van der Waals surface area contributed by atoms with E-state index in [2.05, 4.69) is 15.9 Å². The van der Waals surface area contributed by atoms with E-state index in [0.29, 0.717) is 24.0 Å². The number of benzene rings is 2. The number of likely N-dealkylation sites (tertiary alicyclic amines) is 1. The van der Waals surface area contributed by atoms with E-state index >= 15 is 0 Å². The first-order valence-corrected chi connectivity index (χ1v) is 13.0. The van der Waals surface area contributed by atoms with Crippen LogP contribution in [0.15, 0.2) is 52.5 Å². The summed E-state index contributed by atoms with van der Waals surface area (Å²) >= 11 is 7.67. The van der Waals surface area contributed by atoms with Gasteiger partial charge < -0.3 is 9.47 Å². The Morgan fingerprint density at radius 2 is 1.88 bits per heavy atom. The Labute approximate surface area is 196 Å². The lowest BCUT2D eigenvalue weighted by molar-refractivity contribution is -0.130. The van der Waals surface area contributed by atoms with E-state index in [4.69, 9.17) is 11.6 Å². The highest BCUT2D eigenvalue weighted by molar-refractivity contribution is 7.89. The Morgan fingerprint density at radius 1 is 1.19 bits per heavy atom. The van der Waals surface area contributed by atoms with E-state index in [1.165, 1.54) is 10.9 Å². The normalized spacial score (nSPS) is 16.1. The van der Waals surface area contributed by atoms with Gasteiger partial charge in [-0.15, -0.1) is 11.3 Å². The Bertz CT molecular complexity index is 1320. The molecule has 7 nitrogen and oxygen atoms in total. The van der Waals surface area contributed by atoms with Gasteiger partial charge in [-0.05, 0) is 53.8 Å². The topological polar surface area (TPSA) is 83.8 Å². The molecule has 1 amide bonds. The van der Waals surface area contributed by atoms with Gasteiger partial charge in [-0.25, -0.2) is 13.1 Å². The van der Waals surface area contributed by atoms with Crippen molar-refractivity contribution < 1.29 is 13.2 Å². The molecule has 0 radical (unpaired) electrons. The second-order valence-corrected chi connectivity index (χ2v) is 11.1. The molecule has 0 atom stereocenters. The first-order valence-electron chi connectivity index (χ1n) is 10.3. The van der Waals surface area contributed by atoms with Gasteiger partial charge >= 0.3 is 0 Å². The maximum atomic E-state index is 12.7. The molecule has 10 heteroatoms. The Balaban J connectivity index is 1.35. The van der Waals surface area contributed by atoms with Crippen molar-refractivity contribution in [3.05, 3.63) is 57.3 Å². The summed E-state index contributed by atoms with van der Waals surface area (Å²) < 4.78 is 29.9. The number of nitrogens with one attached hydrogen (secondary N) is 1. The third kappa shape index (κ3) is 4.91. The van der Waals surface area contributed by atoms with Crippen LogP contribution in [-0.2, 0) is 21.9 Å². The van der Waals surface area contributed by atoms with Crippen LogP contribution in [0.4, 0.5) is 0 Å². The van der Waals surface area contributed by atoms with Crippen LogP contribution < -0.4 is 9.52 Å². The summed E-state index contributed by atoms with van der Waals surface area (Å²) in [7, 11) is -0.0292. The van der Waals surface area contributed by atoms with Gasteiger partial charge in [0.05, 0.1) is 11.4 Å². The van der Waals surface area contributed by atoms with Crippen LogP contribution in [-0.4, -0.2) is 50.5 Å². The minimum atomic E-state index is -3.80. The lowest BCUT2D eigenvalue weighted by atomic mass is 9.96. The molecule has 4 rings (SSSR count). The van der Waals surface area contributed by atoms with Gasteiger partial charge in [-0.3, -0.25) is 9.79 Å². The number of thiazole rings is 1. The molecule has 3 aromatic rings. The fourth-order valence-electron chi connectivity index (χ4n) is 3.97. The monoisotopic (exact) mass is 492 g/mol. The third-order valence-corrected chi connectivity index (χ3v) is 8.73. The highest BCUT2D eigenvalue weighted by Gasteiger charge is 2.26. The van der Waals surface area contributed by atoms with Crippen LogP contribution in [0.3, 0.4) is 0 Å². The number of fused-ring (bicyclic) bond motifs is 1. The van der Waals surface area contributed by atoms with Crippen molar-refractivity contribution in [2.45, 2.75) is 23.7 Å². The second kappa shape index (κ2) is 9.35. The zero-order valence-corrected chi connectivity index (χ0v) is 20.3. The van der Waals surface area contributed by atoms with Crippen LogP contribution in [0.2, 0.25) is 5.02 Å². The number of rotatable bonds is 5. The lowest BCUT2D eigenvalue weighted by Crippen LogP contribution is -2.43. The zero-order chi connectivity index (χ0) is 22.9. The second-order valence-electron chi connectivity index (χ2n) is 7.88. The average molecular weight is 493 g/mol. The zero-order valence-electron chi connectivity index (χ0n) is 17.9. The summed E-state index contributed by atoms with van der Waals surface area (Å²) in [6, 6.07) is 10.1. The molecule has 2 heterocycles. The van der Waals surface area contributed by atoms with Gasteiger partial charge in [0.2, 0.25) is 15.9 Å². The van der Waals surface area contributed by atoms with Crippen molar-refractivity contribution >= 4 is 49.6 Å². The van der Waals surface area contributed by atoms with Crippen LogP contribution in [0.5, 0.6) is 0 Å². The third-order valence-electron chi connectivity index (χ3n) is 5.77. The molecule has 0 saturated carbocycles. The number of piperidine rings is 1. The highest BCUT2D eigenvalue weighted by atomic mass is 35.5. The van der Waals surface area contributed by atoms with Crippen molar-refractivity contribution in [1.82, 2.24) is 14.2 Å². The summed E-state index contributed by atoms with van der Waals surface area (Å²) in [5.41, 5.74) is 0. The first-order chi connectivity index (χ1) is 15.3. The van der Waals surface area contributed by atoms with E-state index in [1.54, 1.807) is 53.6 Å². The van der Waals surface area contributed by atoms with Crippen LogP contribution in [0.25, 0.3) is 10.8 Å². The molecule has 0 spiro atoms. The number of aromatic nitrogens is 1. The number of halogens is 1. The number of carbonyl (C=O) groups excluding carboxylic acids is 1. The minimum absolute atomic E-state index is 0.126. The summed E-state index contributed by atoms with van der Waals surface area (Å²) in [5.74, 6) is 0.189. The van der Waals surface area contributed by atoms with E-state index < -0.39 is 10.0 Å². The van der Waals surface area contributed by atoms with Gasteiger partial charge in [0.15, 0.2) is 4.80 Å². The number of carbonyl (C=O) groups is 1. The molecule has 170 valence electrons. The molecule has 1 saturated heterocycles. The molecule has 0 bridgehead atoms. The van der Waals surface area contributed by atoms with Crippen molar-refractivity contribution in [1.29, 1.82) is 0 Å². The number of sulfonamides is 1. The molecule has 32 heavy (non-hydrogen) atoms. The Hall–Kier alpha value is -2.20. The molecule has 1 aliphatic rings. The predicted molar refractivity (Wildman–Crippen MR) is 127 cm³/mol. The summed E-state index contributed by atoms with van der Waals surface area (Å²) in [4.78, 5) is 21.0. The Morgan fingerprint density at radius 3 is 2.56 bits per heavy atom. The molecule has 1 aromatic heterocycles. The quantitative estimate of drug-likeness (QED) is 0.594. The van der Waals surface area contributed by atoms with Crippen molar-refractivity contribution in [3.63, 3.8) is 0 Å². The van der Waals surface area contributed by atoms with Gasteiger partial charge in [-0.1, -0.05) is 23.7 Å². The fourth-order valence-corrected chi connectivity index (χ4v) is 6.27. The largest absolute Gasteiger partial charge is 0.342 e. The predicted octanol–water partition coefficient (Wildman–Crippen LogP) is 3.11. The highest BCUT2D eigenvalue weighted by Crippen LogP contribution is 2.29. The van der Waals surface area contributed by atoms with E-state index in [1.807, 2.05) is 11.6 Å². The Kier molecular flexibility index (Phi) is 6.71. The van der Waals surface area contributed by atoms with E-state index in [-0.39, 0.29) is 17.3 Å². The number of hydrogen-bond acceptors (Lipinski definition) is 5. The maximum absolute atomic E-state index is 12.7. The fraction of sp³-hybridized carbons (Fsp3) is 0.364. The molecule has 1 fully saturated rings. The smallest absolute Gasteiger partial charge is 0.241 e. The van der Waals surface area contributed by atoms with Crippen molar-refractivity contribution in [2.24, 2.45) is 12.0 Å². The van der Waals surface area contributed by atoms with E-state index in [9.17, 15) is 13.2 Å². The molecular formula is C22H25ClN4O3S2. The van der Waals surface area contributed by atoms with Crippen LogP contribution in [0.1, 0.15) is 23.6 Å². The summed E-state index contributed by atoms with van der Waals surface area (Å²) in [6.07, 6.45) is 3.82. The average Bonchev–Trinajstić information content (AvgIpc) is 3.17. The maximum Gasteiger partial charge on any atom is 0.241 e. The standard InChI is InChI=1S/C22H25ClN4O3S2/c1-24-22-26(2)14-20(31-22)15-7-9-27(10-8-15)21(28)13-25-32(29,30)19-6-4-16-11-18(23)5-3-17(16)12-19/h3-6,11-12,14-15,25H,7-10,13H2,1-2H3. The van der Waals surface area contributed by atoms with Gasteiger partial charge in [0.1, 0.15) is 0 Å². The molecular weight excluding hydrogens is 468 g/mol. The van der Waals surface area contributed by atoms with Gasteiger partial charge in [0, 0.05) is 43.3 Å². The minimum Gasteiger partial charge on any atom is -0.342 e. The SMILES string of the molecule is CN=c1sc(C2CCN(C(=O)CNS(=O)(=O)c3ccc4cc(Cl)ccc4c3)CC2)cn1C. The van der Waals surface area contributed by atoms with Crippen LogP contribution >= 0.6 is 22.9 Å². The van der Waals surface area contributed by atoms with Crippen molar-refractivity contribution in [3.8, 4) is 0 Å². The molecule has 2 aromatic carbocycles. The first kappa shape index (κ1) is 23.0. The van der Waals surface area contributed by atoms with Crippen molar-refractivity contribution in [2.75, 3.05) is 26.7 Å². The molecule has 1 aliphatic heterocycles.